The number of nitrogens with zero attached hydrogens (tertiary/aromatic N) is 3. The second-order valence-electron chi connectivity index (χ2n) is 13.5. The molecule has 0 saturated carbocycles. The van der Waals surface area contributed by atoms with Crippen LogP contribution in [0.3, 0.4) is 0 Å². The average molecular weight is 798 g/mol. The fraction of sp³-hybridized carbons (Fsp3) is 0.217. The minimum atomic E-state index is 0.0230. The normalized spacial score (nSPS) is 11.8. The van der Waals surface area contributed by atoms with Gasteiger partial charge in [0.25, 0.3) is 0 Å². The third kappa shape index (κ3) is 8.10. The SMILES string of the molecule is CCOCCn1c2ccc(C(=O)c3cccs3)cc2c2cc(/C(C)=N/O)ccc21.CCOCCn1c2ccc(C(C)=O)cc2c2cc(C(=O)c3cccs3)ccc21. The number of carbonyl (C=O) groups is 3. The molecule has 0 aliphatic rings. The number of hydrogen-bond donors (Lipinski definition) is 1. The van der Waals surface area contributed by atoms with Gasteiger partial charge in [0.1, 0.15) is 0 Å². The summed E-state index contributed by atoms with van der Waals surface area (Å²) in [4.78, 5) is 39.0. The number of ether oxygens (including phenoxy) is 2. The summed E-state index contributed by atoms with van der Waals surface area (Å²) in [5.41, 5.74) is 7.60. The third-order valence-corrected chi connectivity index (χ3v) is 11.8. The first-order valence-corrected chi connectivity index (χ1v) is 20.6. The summed E-state index contributed by atoms with van der Waals surface area (Å²) in [6.07, 6.45) is 0. The van der Waals surface area contributed by atoms with Gasteiger partial charge in [-0.25, -0.2) is 0 Å². The second kappa shape index (κ2) is 17.6. The topological polar surface area (TPSA) is 112 Å². The molecule has 4 aromatic heterocycles. The number of hydrogen-bond acceptors (Lipinski definition) is 9. The molecule has 0 bridgehead atoms. The molecule has 8 rings (SSSR count). The molecule has 4 aromatic carbocycles. The van der Waals surface area contributed by atoms with Crippen molar-refractivity contribution in [1.29, 1.82) is 0 Å². The lowest BCUT2D eigenvalue weighted by molar-refractivity contribution is 0.101. The Bertz CT molecular complexity index is 2760. The number of fused-ring (bicyclic) bond motifs is 6. The third-order valence-electron chi connectivity index (χ3n) is 10.0. The maximum atomic E-state index is 12.9. The Kier molecular flexibility index (Phi) is 12.2. The van der Waals surface area contributed by atoms with Gasteiger partial charge >= 0.3 is 0 Å². The molecular formula is C46H43N3O6S2. The maximum absolute atomic E-state index is 12.9. The fourth-order valence-corrected chi connectivity index (χ4v) is 8.55. The molecule has 11 heteroatoms. The molecule has 1 N–H and O–H groups in total. The number of carbonyl (C=O) groups excluding carboxylic acids is 3. The number of thiophene rings is 2. The Balaban J connectivity index is 0.000000174. The van der Waals surface area contributed by atoms with Crippen molar-refractivity contribution in [1.82, 2.24) is 9.13 Å². The first-order chi connectivity index (χ1) is 27.7. The lowest BCUT2D eigenvalue weighted by Crippen LogP contribution is -2.06. The molecule has 0 atom stereocenters. The van der Waals surface area contributed by atoms with Crippen molar-refractivity contribution in [2.45, 2.75) is 40.8 Å². The van der Waals surface area contributed by atoms with E-state index >= 15 is 0 Å². The molecule has 0 amide bonds. The van der Waals surface area contributed by atoms with Crippen LogP contribution in [0.2, 0.25) is 0 Å². The van der Waals surface area contributed by atoms with Gasteiger partial charge in [0.2, 0.25) is 11.6 Å². The molecule has 0 fully saturated rings. The molecule has 4 heterocycles. The Hall–Kier alpha value is -5.72. The predicted octanol–water partition coefficient (Wildman–Crippen LogP) is 10.6. The van der Waals surface area contributed by atoms with Gasteiger partial charge in [0.05, 0.1) is 28.7 Å². The molecule has 0 aliphatic carbocycles. The fourth-order valence-electron chi connectivity index (χ4n) is 7.17. The highest BCUT2D eigenvalue weighted by atomic mass is 32.1. The summed E-state index contributed by atoms with van der Waals surface area (Å²) < 4.78 is 15.5. The quantitative estimate of drug-likeness (QED) is 0.0385. The van der Waals surface area contributed by atoms with Crippen molar-refractivity contribution in [2.75, 3.05) is 26.4 Å². The van der Waals surface area contributed by atoms with Crippen molar-refractivity contribution >= 4 is 89.3 Å². The number of benzene rings is 4. The van der Waals surface area contributed by atoms with Crippen LogP contribution in [-0.2, 0) is 22.6 Å². The van der Waals surface area contributed by atoms with E-state index in [2.05, 4.69) is 14.3 Å². The first-order valence-electron chi connectivity index (χ1n) is 18.9. The van der Waals surface area contributed by atoms with Crippen LogP contribution in [0.15, 0.2) is 113 Å². The van der Waals surface area contributed by atoms with E-state index in [1.807, 2.05) is 122 Å². The molecule has 290 valence electrons. The Morgan fingerprint density at radius 1 is 0.579 bits per heavy atom. The average Bonchev–Trinajstić information content (AvgIpc) is 4.07. The van der Waals surface area contributed by atoms with E-state index in [1.165, 1.54) is 22.7 Å². The van der Waals surface area contributed by atoms with Gasteiger partial charge in [0, 0.05) is 86.6 Å². The van der Waals surface area contributed by atoms with Gasteiger partial charge in [-0.05, 0) is 123 Å². The Morgan fingerprint density at radius 3 is 1.33 bits per heavy atom. The van der Waals surface area contributed by atoms with Gasteiger partial charge in [0.15, 0.2) is 5.78 Å². The van der Waals surface area contributed by atoms with Gasteiger partial charge < -0.3 is 23.8 Å². The predicted molar refractivity (Wildman–Crippen MR) is 231 cm³/mol. The monoisotopic (exact) mass is 797 g/mol. The van der Waals surface area contributed by atoms with Crippen LogP contribution in [0.1, 0.15) is 74.1 Å². The summed E-state index contributed by atoms with van der Waals surface area (Å²) in [5.74, 6) is 0.0825. The van der Waals surface area contributed by atoms with E-state index in [9.17, 15) is 14.4 Å². The van der Waals surface area contributed by atoms with E-state index in [1.54, 1.807) is 13.8 Å². The standard InChI is InChI=1S/C23H22N2O3S.C23H21NO3S/c1-3-28-11-10-25-20-8-6-16(15(2)24-27)13-18(20)19-14-17(7-9-21(19)25)23(26)22-5-4-12-29-22;1-3-27-11-10-24-20-8-6-16(15(2)25)13-18(20)19-14-17(7-9-21(19)24)23(26)22-5-4-12-28-22/h4-9,12-14,27H,3,10-11H2,1-2H3;4-9,12-14H,3,10-11H2,1-2H3/b24-15+;. The first kappa shape index (κ1) is 39.5. The van der Waals surface area contributed by atoms with Crippen LogP contribution in [0, 0.1) is 0 Å². The zero-order valence-corrected chi connectivity index (χ0v) is 33.9. The largest absolute Gasteiger partial charge is 0.411 e. The zero-order chi connectivity index (χ0) is 40.1. The second-order valence-corrected chi connectivity index (χ2v) is 15.4. The zero-order valence-electron chi connectivity index (χ0n) is 32.3. The van der Waals surface area contributed by atoms with Crippen molar-refractivity contribution < 1.29 is 29.1 Å². The molecule has 0 saturated heterocycles. The van der Waals surface area contributed by atoms with E-state index in [0.717, 1.165) is 65.5 Å². The maximum Gasteiger partial charge on any atom is 0.202 e. The molecule has 0 unspecified atom stereocenters. The van der Waals surface area contributed by atoms with Gasteiger partial charge in [-0.3, -0.25) is 14.4 Å². The lowest BCUT2D eigenvalue weighted by atomic mass is 10.0. The minimum Gasteiger partial charge on any atom is -0.411 e. The highest BCUT2D eigenvalue weighted by Gasteiger charge is 2.18. The van der Waals surface area contributed by atoms with E-state index in [-0.39, 0.29) is 17.3 Å². The molecule has 8 aromatic rings. The Labute approximate surface area is 338 Å². The van der Waals surface area contributed by atoms with E-state index in [4.69, 9.17) is 14.7 Å². The van der Waals surface area contributed by atoms with Crippen LogP contribution in [0.25, 0.3) is 43.6 Å². The summed E-state index contributed by atoms with van der Waals surface area (Å²) in [5, 5.41) is 20.3. The molecule has 0 radical (unpaired) electrons. The van der Waals surface area contributed by atoms with Gasteiger partial charge in [-0.2, -0.15) is 0 Å². The molecule has 9 nitrogen and oxygen atoms in total. The van der Waals surface area contributed by atoms with Crippen LogP contribution < -0.4 is 0 Å². The number of ketones is 3. The molecule has 57 heavy (non-hydrogen) atoms. The van der Waals surface area contributed by atoms with Crippen LogP contribution in [0.5, 0.6) is 0 Å². The van der Waals surface area contributed by atoms with Crippen LogP contribution >= 0.6 is 22.7 Å². The van der Waals surface area contributed by atoms with Crippen molar-refractivity contribution in [2.24, 2.45) is 5.16 Å². The minimum absolute atomic E-state index is 0.0230. The molecular weight excluding hydrogens is 755 g/mol. The van der Waals surface area contributed by atoms with Gasteiger partial charge in [-0.1, -0.05) is 23.4 Å². The van der Waals surface area contributed by atoms with Crippen LogP contribution in [0.4, 0.5) is 0 Å². The number of aromatic nitrogens is 2. The van der Waals surface area contributed by atoms with Gasteiger partial charge in [-0.15, -0.1) is 22.7 Å². The summed E-state index contributed by atoms with van der Waals surface area (Å²) in [6, 6.07) is 30.9. The summed E-state index contributed by atoms with van der Waals surface area (Å²) >= 11 is 2.89. The molecule has 0 aliphatic heterocycles. The summed E-state index contributed by atoms with van der Waals surface area (Å²) in [7, 11) is 0. The van der Waals surface area contributed by atoms with E-state index < -0.39 is 0 Å². The lowest BCUT2D eigenvalue weighted by Gasteiger charge is -2.08. The smallest absolute Gasteiger partial charge is 0.202 e. The highest BCUT2D eigenvalue weighted by Crippen LogP contribution is 2.33. The van der Waals surface area contributed by atoms with Crippen LogP contribution in [-0.4, -0.2) is 63.8 Å². The summed E-state index contributed by atoms with van der Waals surface area (Å²) in [6.45, 7) is 11.3. The highest BCUT2D eigenvalue weighted by molar-refractivity contribution is 7.12. The number of rotatable bonds is 14. The molecule has 0 spiro atoms. The Morgan fingerprint density at radius 2 is 0.965 bits per heavy atom. The number of Topliss-reactive ketones (excluding diaryl/α,β-unsaturated/α-hetero) is 1. The van der Waals surface area contributed by atoms with Crippen molar-refractivity contribution in [3.05, 3.63) is 140 Å². The van der Waals surface area contributed by atoms with Crippen molar-refractivity contribution in [3.8, 4) is 0 Å². The van der Waals surface area contributed by atoms with Crippen molar-refractivity contribution in [3.63, 3.8) is 0 Å². The number of oxime groups is 1. The van der Waals surface area contributed by atoms with E-state index in [0.29, 0.717) is 55.4 Å².